The number of amides is 1. The molecular weight excluding hydrogens is 363 g/mol. The zero-order valence-electron chi connectivity index (χ0n) is 15.0. The molecule has 2 rings (SSSR count). The highest BCUT2D eigenvalue weighted by atomic mass is 35.5. The largest absolute Gasteiger partial charge is 0.452 e. The molecule has 0 aliphatic carbocycles. The number of hydrogen-bond donors (Lipinski definition) is 1. The molecule has 0 bridgehead atoms. The average molecular weight is 383 g/mol. The zero-order chi connectivity index (χ0) is 19.5. The van der Waals surface area contributed by atoms with Crippen LogP contribution in [0.15, 0.2) is 22.7 Å². The van der Waals surface area contributed by atoms with Crippen molar-refractivity contribution in [1.29, 1.82) is 0 Å². The molecule has 1 amide bonds. The van der Waals surface area contributed by atoms with Crippen LogP contribution in [-0.2, 0) is 9.53 Å². The molecule has 2 aromatic rings. The lowest BCUT2D eigenvalue weighted by atomic mass is 10.0. The van der Waals surface area contributed by atoms with Crippen LogP contribution < -0.4 is 5.32 Å². The monoisotopic (exact) mass is 382 g/mol. The first-order valence-electron chi connectivity index (χ1n) is 8.05. The number of benzene rings is 1. The molecule has 0 unspecified atom stereocenters. The fourth-order valence-corrected chi connectivity index (χ4v) is 2.46. The van der Waals surface area contributed by atoms with E-state index >= 15 is 0 Å². The summed E-state index contributed by atoms with van der Waals surface area (Å²) in [6.45, 7) is 6.65. The van der Waals surface area contributed by atoms with Crippen LogP contribution in [0.4, 0.5) is 4.39 Å². The molecule has 1 aromatic heterocycles. The number of nitrogens with zero attached hydrogens (tertiary/aromatic N) is 1. The van der Waals surface area contributed by atoms with E-state index in [0.717, 1.165) is 0 Å². The van der Waals surface area contributed by atoms with Gasteiger partial charge in [-0.25, -0.2) is 9.18 Å². The predicted octanol–water partition coefficient (Wildman–Crippen LogP) is 3.90. The second-order valence-corrected chi connectivity index (χ2v) is 6.83. The molecule has 1 heterocycles. The molecule has 26 heavy (non-hydrogen) atoms. The third-order valence-electron chi connectivity index (χ3n) is 3.96. The van der Waals surface area contributed by atoms with Crippen LogP contribution in [0.1, 0.15) is 43.3 Å². The predicted molar refractivity (Wildman–Crippen MR) is 94.4 cm³/mol. The fraction of sp³-hybridized carbons (Fsp3) is 0.389. The number of aromatic nitrogens is 1. The Bertz CT molecular complexity index is 812. The summed E-state index contributed by atoms with van der Waals surface area (Å²) in [4.78, 5) is 24.3. The topological polar surface area (TPSA) is 81.4 Å². The minimum atomic E-state index is -0.845. The highest BCUT2D eigenvalue weighted by molar-refractivity contribution is 6.33. The van der Waals surface area contributed by atoms with Crippen molar-refractivity contribution < 1.29 is 23.2 Å². The summed E-state index contributed by atoms with van der Waals surface area (Å²) < 4.78 is 24.2. The van der Waals surface area contributed by atoms with E-state index in [-0.39, 0.29) is 27.6 Å². The van der Waals surface area contributed by atoms with E-state index < -0.39 is 29.8 Å². The van der Waals surface area contributed by atoms with Gasteiger partial charge in [0.2, 0.25) is 0 Å². The first-order chi connectivity index (χ1) is 12.2. The van der Waals surface area contributed by atoms with Gasteiger partial charge in [0, 0.05) is 5.54 Å². The number of esters is 1. The minimum Gasteiger partial charge on any atom is -0.452 e. The van der Waals surface area contributed by atoms with Gasteiger partial charge in [-0.15, -0.1) is 0 Å². The van der Waals surface area contributed by atoms with Gasteiger partial charge >= 0.3 is 5.97 Å². The van der Waals surface area contributed by atoms with Crippen LogP contribution in [0.2, 0.25) is 5.02 Å². The standard InChI is InChI=1S/C18H20ClFN2O4/c1-5-18(3,4)21-13(23)9-25-17(24)14-10(2)26-22-16(14)15-11(19)7-6-8-12(15)20/h6-8H,5,9H2,1-4H3,(H,21,23). The van der Waals surface area contributed by atoms with Crippen LogP contribution in [0.3, 0.4) is 0 Å². The number of carbonyl (C=O) groups excluding carboxylic acids is 2. The highest BCUT2D eigenvalue weighted by Crippen LogP contribution is 2.33. The first kappa shape index (κ1) is 19.9. The molecule has 0 aliphatic rings. The maximum absolute atomic E-state index is 14.1. The maximum Gasteiger partial charge on any atom is 0.344 e. The van der Waals surface area contributed by atoms with Crippen molar-refractivity contribution in [2.75, 3.05) is 6.61 Å². The van der Waals surface area contributed by atoms with E-state index in [2.05, 4.69) is 10.5 Å². The Hall–Kier alpha value is -2.41. The van der Waals surface area contributed by atoms with E-state index in [4.69, 9.17) is 20.9 Å². The third-order valence-corrected chi connectivity index (χ3v) is 4.28. The van der Waals surface area contributed by atoms with Crippen LogP contribution in [0.5, 0.6) is 0 Å². The lowest BCUT2D eigenvalue weighted by Crippen LogP contribution is -2.44. The average Bonchev–Trinajstić information content (AvgIpc) is 2.93. The van der Waals surface area contributed by atoms with Crippen molar-refractivity contribution in [1.82, 2.24) is 10.5 Å². The molecule has 0 aliphatic heterocycles. The molecule has 1 N–H and O–H groups in total. The van der Waals surface area contributed by atoms with Crippen molar-refractivity contribution in [3.8, 4) is 11.3 Å². The molecular formula is C18H20ClFN2O4. The summed E-state index contributed by atoms with van der Waals surface area (Å²) in [5.41, 5.74) is -0.610. The summed E-state index contributed by atoms with van der Waals surface area (Å²) in [5.74, 6) is -1.80. The Morgan fingerprint density at radius 3 is 2.69 bits per heavy atom. The summed E-state index contributed by atoms with van der Waals surface area (Å²) >= 11 is 6.03. The van der Waals surface area contributed by atoms with E-state index in [1.54, 1.807) is 0 Å². The van der Waals surface area contributed by atoms with Gasteiger partial charge in [0.15, 0.2) is 6.61 Å². The lowest BCUT2D eigenvalue weighted by molar-refractivity contribution is -0.125. The van der Waals surface area contributed by atoms with Gasteiger partial charge in [-0.05, 0) is 39.3 Å². The number of rotatable bonds is 6. The van der Waals surface area contributed by atoms with Crippen LogP contribution >= 0.6 is 11.6 Å². The van der Waals surface area contributed by atoms with Gasteiger partial charge in [0.25, 0.3) is 5.91 Å². The molecule has 140 valence electrons. The minimum absolute atomic E-state index is 0.0606. The van der Waals surface area contributed by atoms with Crippen LogP contribution in [0, 0.1) is 12.7 Å². The Kier molecular flexibility index (Phi) is 6.02. The second-order valence-electron chi connectivity index (χ2n) is 6.42. The van der Waals surface area contributed by atoms with Gasteiger partial charge in [-0.2, -0.15) is 0 Å². The van der Waals surface area contributed by atoms with Crippen LogP contribution in [-0.4, -0.2) is 29.2 Å². The summed E-state index contributed by atoms with van der Waals surface area (Å²) in [6.07, 6.45) is 0.716. The number of hydrogen-bond acceptors (Lipinski definition) is 5. The Morgan fingerprint density at radius 1 is 1.38 bits per heavy atom. The number of carbonyl (C=O) groups is 2. The lowest BCUT2D eigenvalue weighted by Gasteiger charge is -2.24. The highest BCUT2D eigenvalue weighted by Gasteiger charge is 2.27. The molecule has 0 fully saturated rings. The number of aryl methyl sites for hydroxylation is 1. The number of ether oxygens (including phenoxy) is 1. The summed E-state index contributed by atoms with van der Waals surface area (Å²) in [6, 6.07) is 4.10. The zero-order valence-corrected chi connectivity index (χ0v) is 15.7. The van der Waals surface area contributed by atoms with Gasteiger partial charge in [-0.3, -0.25) is 4.79 Å². The quantitative estimate of drug-likeness (QED) is 0.766. The Morgan fingerprint density at radius 2 is 2.08 bits per heavy atom. The molecule has 0 spiro atoms. The number of halogens is 2. The Balaban J connectivity index is 2.21. The van der Waals surface area contributed by atoms with Gasteiger partial charge < -0.3 is 14.6 Å². The normalized spacial score (nSPS) is 11.3. The van der Waals surface area contributed by atoms with Crippen molar-refractivity contribution in [3.63, 3.8) is 0 Å². The first-order valence-corrected chi connectivity index (χ1v) is 8.43. The van der Waals surface area contributed by atoms with E-state index in [9.17, 15) is 14.0 Å². The molecule has 0 radical (unpaired) electrons. The molecule has 1 aromatic carbocycles. The van der Waals surface area contributed by atoms with Crippen molar-refractivity contribution in [2.45, 2.75) is 39.7 Å². The smallest absolute Gasteiger partial charge is 0.344 e. The SMILES string of the molecule is CCC(C)(C)NC(=O)COC(=O)c1c(-c2c(F)cccc2Cl)noc1C. The van der Waals surface area contributed by atoms with Gasteiger partial charge in [0.05, 0.1) is 10.6 Å². The van der Waals surface area contributed by atoms with Crippen molar-refractivity contribution >= 4 is 23.5 Å². The van der Waals surface area contributed by atoms with E-state index in [1.165, 1.54) is 25.1 Å². The van der Waals surface area contributed by atoms with Crippen molar-refractivity contribution in [3.05, 3.63) is 40.4 Å². The van der Waals surface area contributed by atoms with Crippen LogP contribution in [0.25, 0.3) is 11.3 Å². The summed E-state index contributed by atoms with van der Waals surface area (Å²) in [7, 11) is 0. The third kappa shape index (κ3) is 4.40. The van der Waals surface area contributed by atoms with Crippen molar-refractivity contribution in [2.24, 2.45) is 0 Å². The molecule has 6 nitrogen and oxygen atoms in total. The summed E-state index contributed by atoms with van der Waals surface area (Å²) in [5, 5.41) is 6.56. The molecule has 0 saturated heterocycles. The Labute approximate surface area is 155 Å². The van der Waals surface area contributed by atoms with Gasteiger partial charge in [0.1, 0.15) is 22.8 Å². The molecule has 8 heteroatoms. The molecule has 0 saturated carbocycles. The maximum atomic E-state index is 14.1. The van der Waals surface area contributed by atoms with E-state index in [1.807, 2.05) is 20.8 Å². The van der Waals surface area contributed by atoms with Gasteiger partial charge in [-0.1, -0.05) is 29.7 Å². The fourth-order valence-electron chi connectivity index (χ4n) is 2.21. The number of nitrogens with one attached hydrogen (secondary N) is 1. The van der Waals surface area contributed by atoms with E-state index in [0.29, 0.717) is 6.42 Å². The second kappa shape index (κ2) is 7.86. The molecule has 0 atom stereocenters.